The van der Waals surface area contributed by atoms with Gasteiger partial charge in [-0.25, -0.2) is 18.5 Å². The third-order valence-corrected chi connectivity index (χ3v) is 7.33. The minimum Gasteiger partial charge on any atom is -0.443 e. The van der Waals surface area contributed by atoms with E-state index in [1.54, 1.807) is 24.5 Å². The van der Waals surface area contributed by atoms with Crippen molar-refractivity contribution in [2.45, 2.75) is 29.3 Å². The van der Waals surface area contributed by atoms with Crippen molar-refractivity contribution in [2.75, 3.05) is 13.2 Å². The van der Waals surface area contributed by atoms with E-state index in [1.807, 2.05) is 36.4 Å². The zero-order valence-corrected chi connectivity index (χ0v) is 20.7. The first-order valence-electron chi connectivity index (χ1n) is 11.7. The molecule has 0 bridgehead atoms. The van der Waals surface area contributed by atoms with Crippen molar-refractivity contribution in [3.05, 3.63) is 102 Å². The van der Waals surface area contributed by atoms with Gasteiger partial charge >= 0.3 is 0 Å². The van der Waals surface area contributed by atoms with E-state index in [2.05, 4.69) is 21.8 Å². The number of hydrogen-bond acceptors (Lipinski definition) is 7. The van der Waals surface area contributed by atoms with E-state index in [9.17, 15) is 13.5 Å². The molecule has 1 unspecified atom stereocenters. The minimum absolute atomic E-state index is 0.00952. The monoisotopic (exact) mass is 515 g/mol. The zero-order valence-electron chi connectivity index (χ0n) is 19.9. The van der Waals surface area contributed by atoms with Gasteiger partial charge in [0.1, 0.15) is 5.69 Å². The van der Waals surface area contributed by atoms with Gasteiger partial charge in [-0.15, -0.1) is 0 Å². The second-order valence-corrected chi connectivity index (χ2v) is 10.4. The molecule has 0 spiro atoms. The summed E-state index contributed by atoms with van der Waals surface area (Å²) in [6.45, 7) is 0.991. The molecule has 0 saturated carbocycles. The first-order chi connectivity index (χ1) is 17.8. The molecule has 2 aromatic carbocycles. The highest BCUT2D eigenvalue weighted by Gasteiger charge is 2.32. The Hall–Kier alpha value is -3.81. The lowest BCUT2D eigenvalue weighted by molar-refractivity contribution is -0.0681. The molecule has 3 N–H and O–H groups in total. The number of pyridine rings is 1. The van der Waals surface area contributed by atoms with Crippen LogP contribution in [0, 0.1) is 11.8 Å². The van der Waals surface area contributed by atoms with Gasteiger partial charge in [-0.1, -0.05) is 42.2 Å². The number of aromatic nitrogens is 2. The van der Waals surface area contributed by atoms with Crippen molar-refractivity contribution >= 4 is 10.0 Å². The highest BCUT2D eigenvalue weighted by molar-refractivity contribution is 7.89. The zero-order chi connectivity index (χ0) is 25.9. The number of nitrogens with zero attached hydrogens (tertiary/aromatic N) is 2. The highest BCUT2D eigenvalue weighted by atomic mass is 32.2. The summed E-state index contributed by atoms with van der Waals surface area (Å²) < 4.78 is 34.4. The SMILES string of the molecule is NS(=O)(=O)c1ccc(-c2ocnc2C(C#Cc2cncc(C3(O)CCOCC3)c2)c2ccccc2)cc1. The molecule has 0 aliphatic carbocycles. The lowest BCUT2D eigenvalue weighted by atomic mass is 9.87. The summed E-state index contributed by atoms with van der Waals surface area (Å²) in [5.41, 5.74) is 2.56. The van der Waals surface area contributed by atoms with E-state index in [1.165, 1.54) is 18.5 Å². The van der Waals surface area contributed by atoms with Gasteiger partial charge in [-0.05, 0) is 35.9 Å². The van der Waals surface area contributed by atoms with E-state index < -0.39 is 21.5 Å². The normalized spacial score (nSPS) is 15.9. The maximum absolute atomic E-state index is 11.7. The van der Waals surface area contributed by atoms with Crippen LogP contribution in [-0.4, -0.2) is 36.7 Å². The van der Waals surface area contributed by atoms with Crippen LogP contribution in [0.25, 0.3) is 11.3 Å². The van der Waals surface area contributed by atoms with Crippen molar-refractivity contribution in [1.82, 2.24) is 9.97 Å². The lowest BCUT2D eigenvalue weighted by Crippen LogP contribution is -2.33. The highest BCUT2D eigenvalue weighted by Crippen LogP contribution is 2.34. The second-order valence-electron chi connectivity index (χ2n) is 8.86. The molecule has 1 atom stereocenters. The van der Waals surface area contributed by atoms with Crippen LogP contribution in [-0.2, 0) is 20.4 Å². The van der Waals surface area contributed by atoms with E-state index >= 15 is 0 Å². The van der Waals surface area contributed by atoms with Crippen LogP contribution in [0.5, 0.6) is 0 Å². The first-order valence-corrected chi connectivity index (χ1v) is 13.3. The number of benzene rings is 2. The fraction of sp³-hybridized carbons (Fsp3) is 0.214. The van der Waals surface area contributed by atoms with E-state index in [4.69, 9.17) is 14.3 Å². The summed E-state index contributed by atoms with van der Waals surface area (Å²) >= 11 is 0. The summed E-state index contributed by atoms with van der Waals surface area (Å²) in [5, 5.41) is 16.3. The number of hydrogen-bond donors (Lipinski definition) is 2. The molecule has 5 rings (SSSR count). The molecule has 37 heavy (non-hydrogen) atoms. The Morgan fingerprint density at radius 2 is 1.76 bits per heavy atom. The molecule has 0 amide bonds. The summed E-state index contributed by atoms with van der Waals surface area (Å²) in [6, 6.07) is 17.7. The summed E-state index contributed by atoms with van der Waals surface area (Å²) in [5.74, 6) is 6.55. The first kappa shape index (κ1) is 24.9. The largest absolute Gasteiger partial charge is 0.443 e. The lowest BCUT2D eigenvalue weighted by Gasteiger charge is -2.32. The molecular formula is C28H25N3O5S. The van der Waals surface area contributed by atoms with Gasteiger partial charge in [0.15, 0.2) is 12.2 Å². The Bertz CT molecular complexity index is 1550. The molecular weight excluding hydrogens is 490 g/mol. The van der Waals surface area contributed by atoms with Crippen LogP contribution in [0.3, 0.4) is 0 Å². The van der Waals surface area contributed by atoms with Crippen molar-refractivity contribution in [1.29, 1.82) is 0 Å². The molecule has 188 valence electrons. The number of nitrogens with two attached hydrogens (primary N) is 1. The quantitative estimate of drug-likeness (QED) is 0.389. The Labute approximate surface area is 215 Å². The second kappa shape index (κ2) is 10.3. The van der Waals surface area contributed by atoms with Gasteiger partial charge in [0.05, 0.1) is 16.4 Å². The van der Waals surface area contributed by atoms with E-state index in [-0.39, 0.29) is 4.90 Å². The van der Waals surface area contributed by atoms with Gasteiger partial charge in [0, 0.05) is 55.1 Å². The smallest absolute Gasteiger partial charge is 0.238 e. The van der Waals surface area contributed by atoms with Crippen molar-refractivity contribution < 1.29 is 22.7 Å². The molecule has 1 fully saturated rings. The Kier molecular flexibility index (Phi) is 6.91. The van der Waals surface area contributed by atoms with Gasteiger partial charge in [0.25, 0.3) is 0 Å². The summed E-state index contributed by atoms with van der Waals surface area (Å²) in [7, 11) is -3.81. The van der Waals surface area contributed by atoms with Gasteiger partial charge in [-0.3, -0.25) is 4.98 Å². The summed E-state index contributed by atoms with van der Waals surface area (Å²) in [6.07, 6.45) is 5.69. The Morgan fingerprint density at radius 3 is 2.46 bits per heavy atom. The van der Waals surface area contributed by atoms with E-state index in [0.29, 0.717) is 48.6 Å². The molecule has 0 radical (unpaired) electrons. The Balaban J connectivity index is 1.53. The number of sulfonamides is 1. The number of rotatable bonds is 5. The van der Waals surface area contributed by atoms with E-state index in [0.717, 1.165) is 11.1 Å². The van der Waals surface area contributed by atoms with Crippen LogP contribution >= 0.6 is 0 Å². The van der Waals surface area contributed by atoms with Crippen LogP contribution < -0.4 is 5.14 Å². The molecule has 1 aliphatic rings. The molecule has 2 aromatic heterocycles. The number of ether oxygens (including phenoxy) is 1. The van der Waals surface area contributed by atoms with Crippen molar-refractivity contribution in [2.24, 2.45) is 5.14 Å². The van der Waals surface area contributed by atoms with Crippen molar-refractivity contribution in [3.63, 3.8) is 0 Å². The van der Waals surface area contributed by atoms with Crippen LogP contribution in [0.15, 0.2) is 88.8 Å². The maximum Gasteiger partial charge on any atom is 0.238 e. The van der Waals surface area contributed by atoms with Gasteiger partial charge < -0.3 is 14.3 Å². The number of oxazole rings is 1. The average molecular weight is 516 g/mol. The fourth-order valence-electron chi connectivity index (χ4n) is 4.34. The maximum atomic E-state index is 11.7. The molecule has 1 aliphatic heterocycles. The third-order valence-electron chi connectivity index (χ3n) is 6.40. The molecule has 1 saturated heterocycles. The Morgan fingerprint density at radius 1 is 1.03 bits per heavy atom. The fourth-order valence-corrected chi connectivity index (χ4v) is 4.86. The van der Waals surface area contributed by atoms with Gasteiger partial charge in [0.2, 0.25) is 10.0 Å². The molecule has 3 heterocycles. The number of primary sulfonamides is 1. The average Bonchev–Trinajstić information content (AvgIpc) is 3.39. The standard InChI is InChI=1S/C28H25N3O5S/c29-37(33,34)24-9-7-22(8-10-24)27-26(31-19-36-27)25(21-4-2-1-3-5-21)11-6-20-16-23(18-30-17-20)28(32)12-14-35-15-13-28/h1-5,7-10,16-19,25,32H,12-15H2,(H2,29,33,34). The van der Waals surface area contributed by atoms with Gasteiger partial charge in [-0.2, -0.15) is 0 Å². The van der Waals surface area contributed by atoms with Crippen LogP contribution in [0.1, 0.15) is 41.1 Å². The van der Waals surface area contributed by atoms with Crippen LogP contribution in [0.4, 0.5) is 0 Å². The summed E-state index contributed by atoms with van der Waals surface area (Å²) in [4.78, 5) is 8.80. The topological polar surface area (TPSA) is 129 Å². The molecule has 9 heteroatoms. The van der Waals surface area contributed by atoms with Crippen LogP contribution in [0.2, 0.25) is 0 Å². The molecule has 4 aromatic rings. The minimum atomic E-state index is -3.81. The number of aliphatic hydroxyl groups is 1. The third kappa shape index (κ3) is 5.48. The van der Waals surface area contributed by atoms with Crippen molar-refractivity contribution in [3.8, 4) is 23.2 Å². The predicted molar refractivity (Wildman–Crippen MR) is 137 cm³/mol. The predicted octanol–water partition coefficient (Wildman–Crippen LogP) is 3.57. The molecule has 8 nitrogen and oxygen atoms in total.